The third kappa shape index (κ3) is 6.36. The number of benzene rings is 3. The number of carbonyl (C=O) groups excluding carboxylic acids is 1. The van der Waals surface area contributed by atoms with Crippen LogP contribution in [-0.2, 0) is 16.6 Å². The lowest BCUT2D eigenvalue weighted by Gasteiger charge is -2.34. The normalized spacial score (nSPS) is 15.1. The van der Waals surface area contributed by atoms with Crippen molar-refractivity contribution in [3.63, 3.8) is 0 Å². The average Bonchev–Trinajstić information content (AvgIpc) is 2.86. The summed E-state index contributed by atoms with van der Waals surface area (Å²) in [5.41, 5.74) is 5.95. The van der Waals surface area contributed by atoms with Crippen molar-refractivity contribution in [1.82, 2.24) is 9.21 Å². The molecule has 3 aromatic carbocycles. The first-order valence-corrected chi connectivity index (χ1v) is 13.7. The summed E-state index contributed by atoms with van der Waals surface area (Å²) in [5.74, 6) is 0.0790. The van der Waals surface area contributed by atoms with Crippen molar-refractivity contribution < 1.29 is 13.2 Å². The zero-order chi connectivity index (χ0) is 24.8. The molecule has 184 valence electrons. The van der Waals surface area contributed by atoms with E-state index in [9.17, 15) is 13.2 Å². The smallest absolute Gasteiger partial charge is 0.255 e. The minimum Gasteiger partial charge on any atom is -0.322 e. The summed E-state index contributed by atoms with van der Waals surface area (Å²) in [7, 11) is -3.12. The number of rotatable bonds is 8. The maximum atomic E-state index is 12.7. The standard InChI is InChI=1S/C28H33N3O3S/c1-3-20-35(33,34)31-18-16-30(17-19-31)21-23-8-14-26(15-9-23)29-28(32)25-12-10-24(11-13-25)27-7-5-4-6-22(27)2/h4-15H,3,16-21H2,1-2H3,(H,29,32). The molecular formula is C28H33N3O3S. The molecule has 0 aliphatic carbocycles. The molecule has 0 atom stereocenters. The van der Waals surface area contributed by atoms with E-state index in [1.54, 1.807) is 4.31 Å². The summed E-state index contributed by atoms with van der Waals surface area (Å²) in [6, 6.07) is 23.7. The van der Waals surface area contributed by atoms with Gasteiger partial charge in [0.25, 0.3) is 5.91 Å². The summed E-state index contributed by atoms with van der Waals surface area (Å²) in [4.78, 5) is 15.0. The molecule has 3 aromatic rings. The highest BCUT2D eigenvalue weighted by molar-refractivity contribution is 7.89. The second-order valence-electron chi connectivity index (χ2n) is 9.03. The Morgan fingerprint density at radius 1 is 0.886 bits per heavy atom. The SMILES string of the molecule is CCCS(=O)(=O)N1CCN(Cc2ccc(NC(=O)c3ccc(-c4ccccc4C)cc3)cc2)CC1. The molecular weight excluding hydrogens is 458 g/mol. The highest BCUT2D eigenvalue weighted by atomic mass is 32.2. The Morgan fingerprint density at radius 2 is 1.54 bits per heavy atom. The first kappa shape index (κ1) is 25.1. The summed E-state index contributed by atoms with van der Waals surface area (Å²) in [6.45, 7) is 7.26. The second-order valence-corrected chi connectivity index (χ2v) is 11.1. The Bertz CT molecular complexity index is 1250. The quantitative estimate of drug-likeness (QED) is 0.493. The van der Waals surface area contributed by atoms with Gasteiger partial charge in [-0.15, -0.1) is 0 Å². The van der Waals surface area contributed by atoms with Gasteiger partial charge in [0.05, 0.1) is 5.75 Å². The lowest BCUT2D eigenvalue weighted by Crippen LogP contribution is -2.48. The Balaban J connectivity index is 1.30. The summed E-state index contributed by atoms with van der Waals surface area (Å²) >= 11 is 0. The fraction of sp³-hybridized carbons (Fsp3) is 0.321. The number of aryl methyl sites for hydroxylation is 1. The number of hydrogen-bond acceptors (Lipinski definition) is 4. The molecule has 4 rings (SSSR count). The zero-order valence-electron chi connectivity index (χ0n) is 20.4. The number of carbonyl (C=O) groups is 1. The molecule has 0 unspecified atom stereocenters. The van der Waals surface area contributed by atoms with Crippen molar-refractivity contribution in [1.29, 1.82) is 0 Å². The lowest BCUT2D eigenvalue weighted by molar-refractivity contribution is 0.102. The van der Waals surface area contributed by atoms with E-state index < -0.39 is 10.0 Å². The van der Waals surface area contributed by atoms with E-state index in [-0.39, 0.29) is 11.7 Å². The van der Waals surface area contributed by atoms with Crippen LogP contribution >= 0.6 is 0 Å². The number of piperazine rings is 1. The molecule has 0 bridgehead atoms. The van der Waals surface area contributed by atoms with E-state index >= 15 is 0 Å². The highest BCUT2D eigenvalue weighted by Crippen LogP contribution is 2.23. The van der Waals surface area contributed by atoms with Gasteiger partial charge in [-0.1, -0.05) is 55.5 Å². The van der Waals surface area contributed by atoms with E-state index in [0.29, 0.717) is 25.1 Å². The zero-order valence-corrected chi connectivity index (χ0v) is 21.2. The van der Waals surface area contributed by atoms with Crippen LogP contribution in [0.1, 0.15) is 34.8 Å². The molecule has 6 nitrogen and oxygen atoms in total. The molecule has 7 heteroatoms. The number of sulfonamides is 1. The van der Waals surface area contributed by atoms with Crippen LogP contribution in [0.4, 0.5) is 5.69 Å². The Hall–Kier alpha value is -3.00. The average molecular weight is 492 g/mol. The summed E-state index contributed by atoms with van der Waals surface area (Å²) in [6.07, 6.45) is 0.643. The molecule has 0 aromatic heterocycles. The predicted molar refractivity (Wildman–Crippen MR) is 142 cm³/mol. The molecule has 0 saturated carbocycles. The Kier molecular flexibility index (Phi) is 8.00. The third-order valence-corrected chi connectivity index (χ3v) is 8.48. The molecule has 1 heterocycles. The fourth-order valence-electron chi connectivity index (χ4n) is 4.41. The van der Waals surface area contributed by atoms with Crippen LogP contribution in [0.5, 0.6) is 0 Å². The molecule has 1 N–H and O–H groups in total. The fourth-order valence-corrected chi connectivity index (χ4v) is 5.90. The molecule has 1 aliphatic rings. The molecule has 35 heavy (non-hydrogen) atoms. The number of nitrogens with one attached hydrogen (secondary N) is 1. The lowest BCUT2D eigenvalue weighted by atomic mass is 9.99. The van der Waals surface area contributed by atoms with Gasteiger partial charge in [-0.05, 0) is 59.9 Å². The van der Waals surface area contributed by atoms with Crippen molar-refractivity contribution in [2.45, 2.75) is 26.8 Å². The van der Waals surface area contributed by atoms with Gasteiger partial charge in [0.15, 0.2) is 0 Å². The van der Waals surface area contributed by atoms with Crippen molar-refractivity contribution in [2.75, 3.05) is 37.2 Å². The van der Waals surface area contributed by atoms with Crippen molar-refractivity contribution in [3.05, 3.63) is 89.5 Å². The van der Waals surface area contributed by atoms with Crippen molar-refractivity contribution >= 4 is 21.6 Å². The molecule has 1 fully saturated rings. The monoisotopic (exact) mass is 491 g/mol. The largest absolute Gasteiger partial charge is 0.322 e. The maximum absolute atomic E-state index is 12.7. The summed E-state index contributed by atoms with van der Waals surface area (Å²) < 4.78 is 26.1. The minimum atomic E-state index is -3.12. The van der Waals surface area contributed by atoms with Crippen LogP contribution in [0, 0.1) is 6.92 Å². The molecule has 1 saturated heterocycles. The summed E-state index contributed by atoms with van der Waals surface area (Å²) in [5, 5.41) is 2.97. The second kappa shape index (κ2) is 11.2. The molecule has 0 spiro atoms. The number of amides is 1. The van der Waals surface area contributed by atoms with Crippen LogP contribution in [-0.4, -0.2) is 55.5 Å². The highest BCUT2D eigenvalue weighted by Gasteiger charge is 2.26. The van der Waals surface area contributed by atoms with Crippen LogP contribution in [0.15, 0.2) is 72.8 Å². The number of nitrogens with zero attached hydrogens (tertiary/aromatic N) is 2. The Morgan fingerprint density at radius 3 is 2.17 bits per heavy atom. The van der Waals surface area contributed by atoms with E-state index in [0.717, 1.165) is 36.4 Å². The first-order valence-electron chi connectivity index (χ1n) is 12.1. The van der Waals surface area contributed by atoms with E-state index in [1.165, 1.54) is 11.1 Å². The van der Waals surface area contributed by atoms with Gasteiger partial charge in [0, 0.05) is 44.0 Å². The van der Waals surface area contributed by atoms with Gasteiger partial charge < -0.3 is 5.32 Å². The van der Waals surface area contributed by atoms with Gasteiger partial charge >= 0.3 is 0 Å². The molecule has 1 amide bonds. The molecule has 1 aliphatic heterocycles. The number of anilines is 1. The molecule has 0 radical (unpaired) electrons. The van der Waals surface area contributed by atoms with Crippen LogP contribution < -0.4 is 5.32 Å². The van der Waals surface area contributed by atoms with Crippen LogP contribution in [0.25, 0.3) is 11.1 Å². The van der Waals surface area contributed by atoms with Gasteiger partial charge in [0.2, 0.25) is 10.0 Å². The van der Waals surface area contributed by atoms with Gasteiger partial charge in [-0.25, -0.2) is 8.42 Å². The third-order valence-electron chi connectivity index (χ3n) is 6.41. The Labute approximate surface area is 208 Å². The minimum absolute atomic E-state index is 0.140. The van der Waals surface area contributed by atoms with Gasteiger partial charge in [0.1, 0.15) is 0 Å². The van der Waals surface area contributed by atoms with Crippen LogP contribution in [0.2, 0.25) is 0 Å². The van der Waals surface area contributed by atoms with Gasteiger partial charge in [-0.3, -0.25) is 9.69 Å². The van der Waals surface area contributed by atoms with E-state index in [2.05, 4.69) is 29.3 Å². The topological polar surface area (TPSA) is 69.7 Å². The number of hydrogen-bond donors (Lipinski definition) is 1. The maximum Gasteiger partial charge on any atom is 0.255 e. The van der Waals surface area contributed by atoms with E-state index in [1.807, 2.05) is 67.6 Å². The van der Waals surface area contributed by atoms with E-state index in [4.69, 9.17) is 0 Å². The first-order chi connectivity index (χ1) is 16.9. The van der Waals surface area contributed by atoms with Crippen LogP contribution in [0.3, 0.4) is 0 Å². The van der Waals surface area contributed by atoms with Gasteiger partial charge in [-0.2, -0.15) is 4.31 Å². The van der Waals surface area contributed by atoms with Crippen molar-refractivity contribution in [2.24, 2.45) is 0 Å². The van der Waals surface area contributed by atoms with Crippen molar-refractivity contribution in [3.8, 4) is 11.1 Å². The predicted octanol–water partition coefficient (Wildman–Crippen LogP) is 4.77.